The fourth-order valence-electron chi connectivity index (χ4n) is 2.35. The van der Waals surface area contributed by atoms with Crippen molar-refractivity contribution in [3.05, 3.63) is 0 Å². The topological polar surface area (TPSA) is 49.8 Å². The maximum Gasteiger partial charge on any atom is 0.410 e. The molecule has 0 spiro atoms. The van der Waals surface area contributed by atoms with Gasteiger partial charge in [-0.15, -0.1) is 0 Å². The molecule has 4 nitrogen and oxygen atoms in total. The predicted molar refractivity (Wildman–Crippen MR) is 50.7 cm³/mol. The molecule has 0 bridgehead atoms. The Hall–Kier alpha value is -0.770. The average Bonchev–Trinajstić information content (AvgIpc) is 2.56. The third-order valence-electron chi connectivity index (χ3n) is 3.18. The van der Waals surface area contributed by atoms with Crippen molar-refractivity contribution in [1.82, 2.24) is 4.90 Å². The van der Waals surface area contributed by atoms with E-state index in [-0.39, 0.29) is 18.8 Å². The van der Waals surface area contributed by atoms with Crippen LogP contribution >= 0.6 is 0 Å². The number of aliphatic hydroxyl groups excluding tert-OH is 1. The van der Waals surface area contributed by atoms with Gasteiger partial charge < -0.3 is 14.7 Å². The minimum absolute atomic E-state index is 0.0481. The third-order valence-corrected chi connectivity index (χ3v) is 3.18. The van der Waals surface area contributed by atoms with Crippen molar-refractivity contribution in [1.29, 1.82) is 0 Å². The highest BCUT2D eigenvalue weighted by molar-refractivity contribution is 5.68. The molecule has 1 saturated carbocycles. The van der Waals surface area contributed by atoms with E-state index in [4.69, 9.17) is 9.84 Å². The molecule has 0 aromatic carbocycles. The van der Waals surface area contributed by atoms with Crippen LogP contribution in [0.2, 0.25) is 0 Å². The van der Waals surface area contributed by atoms with Crippen LogP contribution < -0.4 is 0 Å². The van der Waals surface area contributed by atoms with E-state index in [0.717, 1.165) is 13.1 Å². The van der Waals surface area contributed by atoms with Crippen molar-refractivity contribution in [2.45, 2.75) is 20.0 Å². The quantitative estimate of drug-likeness (QED) is 0.712. The molecule has 2 unspecified atom stereocenters. The minimum atomic E-state index is -0.205. The number of hydrogen-bond donors (Lipinski definition) is 1. The second-order valence-electron chi connectivity index (χ2n) is 4.51. The molecule has 2 rings (SSSR count). The van der Waals surface area contributed by atoms with Crippen LogP contribution in [0.15, 0.2) is 0 Å². The largest absolute Gasteiger partial charge is 0.447 e. The molecule has 0 aromatic heterocycles. The van der Waals surface area contributed by atoms with Gasteiger partial charge in [-0.05, 0) is 31.6 Å². The van der Waals surface area contributed by atoms with Crippen molar-refractivity contribution in [2.24, 2.45) is 17.8 Å². The van der Waals surface area contributed by atoms with E-state index in [0.29, 0.717) is 17.8 Å². The summed E-state index contributed by atoms with van der Waals surface area (Å²) in [6, 6.07) is 0. The fourth-order valence-corrected chi connectivity index (χ4v) is 2.35. The van der Waals surface area contributed by atoms with Crippen LogP contribution in [0, 0.1) is 17.8 Å². The highest BCUT2D eigenvalue weighted by atomic mass is 16.6. The molecule has 1 heterocycles. The first kappa shape index (κ1) is 9.77. The van der Waals surface area contributed by atoms with Gasteiger partial charge in [-0.25, -0.2) is 4.79 Å². The van der Waals surface area contributed by atoms with Gasteiger partial charge in [0, 0.05) is 19.7 Å². The Morgan fingerprint density at radius 1 is 1.50 bits per heavy atom. The van der Waals surface area contributed by atoms with Gasteiger partial charge in [0.05, 0.1) is 6.10 Å². The number of carbonyl (C=O) groups excluding carboxylic acids is 1. The number of carbonyl (C=O) groups is 1. The smallest absolute Gasteiger partial charge is 0.410 e. The number of piperidine rings is 1. The van der Waals surface area contributed by atoms with E-state index in [1.807, 2.05) is 13.8 Å². The summed E-state index contributed by atoms with van der Waals surface area (Å²) in [4.78, 5) is 13.2. The van der Waals surface area contributed by atoms with Gasteiger partial charge in [0.1, 0.15) is 0 Å². The summed E-state index contributed by atoms with van der Waals surface area (Å²) in [6.45, 7) is 5.50. The molecule has 2 aliphatic rings. The summed E-state index contributed by atoms with van der Waals surface area (Å²) in [5, 5.41) is 8.95. The van der Waals surface area contributed by atoms with Crippen LogP contribution in [-0.2, 0) is 4.74 Å². The summed E-state index contributed by atoms with van der Waals surface area (Å²) in [5.41, 5.74) is 0. The summed E-state index contributed by atoms with van der Waals surface area (Å²) >= 11 is 0. The summed E-state index contributed by atoms with van der Waals surface area (Å²) in [7, 11) is 0. The lowest BCUT2D eigenvalue weighted by Gasteiger charge is -2.20. The second kappa shape index (κ2) is 3.42. The lowest BCUT2D eigenvalue weighted by Crippen LogP contribution is -2.33. The zero-order chi connectivity index (χ0) is 10.3. The second-order valence-corrected chi connectivity index (χ2v) is 4.51. The van der Waals surface area contributed by atoms with Crippen molar-refractivity contribution in [2.75, 3.05) is 19.7 Å². The average molecular weight is 199 g/mol. The number of ether oxygens (including phenoxy) is 1. The zero-order valence-electron chi connectivity index (χ0n) is 8.64. The number of aliphatic hydroxyl groups is 1. The van der Waals surface area contributed by atoms with Gasteiger partial charge >= 0.3 is 6.09 Å². The van der Waals surface area contributed by atoms with E-state index in [1.54, 1.807) is 4.90 Å². The van der Waals surface area contributed by atoms with Crippen molar-refractivity contribution >= 4 is 6.09 Å². The molecule has 4 heteroatoms. The standard InChI is InChI=1S/C10H17NO3/c1-6(2)14-10(13)11-3-7-8(4-11)9(7)5-12/h6-9,12H,3-5H2,1-2H3. The molecule has 1 amide bonds. The van der Waals surface area contributed by atoms with Crippen LogP contribution in [0.4, 0.5) is 4.79 Å². The van der Waals surface area contributed by atoms with E-state index in [1.165, 1.54) is 0 Å². The maximum atomic E-state index is 11.5. The first-order valence-electron chi connectivity index (χ1n) is 5.20. The highest BCUT2D eigenvalue weighted by Crippen LogP contribution is 2.51. The zero-order valence-corrected chi connectivity index (χ0v) is 8.64. The van der Waals surface area contributed by atoms with Crippen LogP contribution in [0.3, 0.4) is 0 Å². The summed E-state index contributed by atoms with van der Waals surface area (Å²) < 4.78 is 5.10. The first-order chi connectivity index (χ1) is 6.63. The first-order valence-corrected chi connectivity index (χ1v) is 5.20. The molecule has 1 saturated heterocycles. The van der Waals surface area contributed by atoms with Crippen LogP contribution in [-0.4, -0.2) is 41.9 Å². The Kier molecular flexibility index (Phi) is 2.39. The van der Waals surface area contributed by atoms with Gasteiger partial charge in [0.15, 0.2) is 0 Å². The highest BCUT2D eigenvalue weighted by Gasteiger charge is 2.56. The third kappa shape index (κ3) is 1.59. The Labute approximate surface area is 83.8 Å². The van der Waals surface area contributed by atoms with Crippen molar-refractivity contribution < 1.29 is 14.6 Å². The molecule has 14 heavy (non-hydrogen) atoms. The Bertz CT molecular complexity index is 230. The van der Waals surface area contributed by atoms with Crippen molar-refractivity contribution in [3.63, 3.8) is 0 Å². The van der Waals surface area contributed by atoms with E-state index in [2.05, 4.69) is 0 Å². The normalized spacial score (nSPS) is 34.6. The van der Waals surface area contributed by atoms with Crippen LogP contribution in [0.1, 0.15) is 13.8 Å². The van der Waals surface area contributed by atoms with Crippen LogP contribution in [0.25, 0.3) is 0 Å². The Balaban J connectivity index is 1.79. The van der Waals surface area contributed by atoms with Gasteiger partial charge in [0.2, 0.25) is 0 Å². The van der Waals surface area contributed by atoms with Crippen LogP contribution in [0.5, 0.6) is 0 Å². The lowest BCUT2D eigenvalue weighted by molar-refractivity contribution is 0.0775. The molecule has 1 aliphatic carbocycles. The van der Waals surface area contributed by atoms with E-state index >= 15 is 0 Å². The minimum Gasteiger partial charge on any atom is -0.447 e. The van der Waals surface area contributed by atoms with Crippen molar-refractivity contribution in [3.8, 4) is 0 Å². The van der Waals surface area contributed by atoms with Gasteiger partial charge in [-0.2, -0.15) is 0 Å². The molecule has 0 aromatic rings. The fraction of sp³-hybridized carbons (Fsp3) is 0.900. The maximum absolute atomic E-state index is 11.5. The number of nitrogens with zero attached hydrogens (tertiary/aromatic N) is 1. The van der Waals surface area contributed by atoms with Gasteiger partial charge in [-0.1, -0.05) is 0 Å². The lowest BCUT2D eigenvalue weighted by atomic mass is 10.3. The van der Waals surface area contributed by atoms with E-state index in [9.17, 15) is 4.79 Å². The summed E-state index contributed by atoms with van der Waals surface area (Å²) in [5.74, 6) is 1.50. The van der Waals surface area contributed by atoms with Gasteiger partial charge in [0.25, 0.3) is 0 Å². The number of likely N-dealkylation sites (tertiary alicyclic amines) is 1. The predicted octanol–water partition coefficient (Wildman–Crippen LogP) is 0.702. The Morgan fingerprint density at radius 3 is 2.50 bits per heavy atom. The monoisotopic (exact) mass is 199 g/mol. The molecule has 1 aliphatic heterocycles. The molecule has 1 N–H and O–H groups in total. The molecule has 2 fully saturated rings. The SMILES string of the molecule is CC(C)OC(=O)N1CC2C(CO)C2C1. The molecular weight excluding hydrogens is 182 g/mol. The molecule has 2 atom stereocenters. The molecule has 80 valence electrons. The molecular formula is C10H17NO3. The van der Waals surface area contributed by atoms with Gasteiger partial charge in [-0.3, -0.25) is 0 Å². The molecule has 0 radical (unpaired) electrons. The summed E-state index contributed by atoms with van der Waals surface area (Å²) in [6.07, 6.45) is -0.253. The number of fused-ring (bicyclic) bond motifs is 1. The van der Waals surface area contributed by atoms with E-state index < -0.39 is 0 Å². The number of amides is 1. The Morgan fingerprint density at radius 2 is 2.07 bits per heavy atom. The number of rotatable bonds is 2. The number of hydrogen-bond acceptors (Lipinski definition) is 3.